The van der Waals surface area contributed by atoms with Crippen LogP contribution in [0.25, 0.3) is 33.3 Å². The van der Waals surface area contributed by atoms with Gasteiger partial charge in [-0.1, -0.05) is 52.5 Å². The lowest BCUT2D eigenvalue weighted by Gasteiger charge is -2.25. The summed E-state index contributed by atoms with van der Waals surface area (Å²) in [6.45, 7) is 15.7. The Hall–Kier alpha value is -3.84. The van der Waals surface area contributed by atoms with Crippen LogP contribution < -0.4 is 5.73 Å². The molecule has 0 bridgehead atoms. The second-order valence-electron chi connectivity index (χ2n) is 12.0. The predicted molar refractivity (Wildman–Crippen MR) is 167 cm³/mol. The number of rotatable bonds is 13. The molecule has 1 unspecified atom stereocenters. The van der Waals surface area contributed by atoms with Crippen molar-refractivity contribution in [3.8, 4) is 22.4 Å². The van der Waals surface area contributed by atoms with Crippen molar-refractivity contribution < 1.29 is 18.3 Å². The molecule has 0 radical (unpaired) electrons. The number of carbonyl (C=O) groups is 1. The topological polar surface area (TPSA) is 70.1 Å². The number of nitrogens with zero attached hydrogens (tertiary/aromatic N) is 2. The van der Waals surface area contributed by atoms with Gasteiger partial charge in [0, 0.05) is 40.2 Å². The molecule has 0 fully saturated rings. The second kappa shape index (κ2) is 13.0. The van der Waals surface area contributed by atoms with Gasteiger partial charge in [-0.3, -0.25) is 4.98 Å². The third kappa shape index (κ3) is 6.62. The molecule has 0 aliphatic rings. The molecule has 0 saturated carbocycles. The molecule has 2 aromatic carbocycles. The van der Waals surface area contributed by atoms with Crippen LogP contribution in [0.3, 0.4) is 0 Å². The van der Waals surface area contributed by atoms with Crippen LogP contribution >= 0.6 is 0 Å². The van der Waals surface area contributed by atoms with Crippen molar-refractivity contribution in [1.29, 1.82) is 0 Å². The number of nitrogens with two attached hydrogens (primary N) is 1. The fraction of sp³-hybridized carbons (Fsp3) is 0.371. The maximum Gasteiger partial charge on any atom is 0.263 e. The van der Waals surface area contributed by atoms with Gasteiger partial charge in [0.1, 0.15) is 6.29 Å². The Morgan fingerprint density at radius 1 is 1.12 bits per heavy atom. The summed E-state index contributed by atoms with van der Waals surface area (Å²) in [5.41, 5.74) is 13.1. The molecule has 7 heteroatoms. The predicted octanol–water partition coefficient (Wildman–Crippen LogP) is 8.25. The van der Waals surface area contributed by atoms with E-state index in [2.05, 4.69) is 64.0 Å². The Bertz CT molecular complexity index is 1570. The van der Waals surface area contributed by atoms with Crippen LogP contribution in [0.5, 0.6) is 0 Å². The number of alkyl halides is 2. The Kier molecular flexibility index (Phi) is 9.62. The molecule has 0 spiro atoms. The summed E-state index contributed by atoms with van der Waals surface area (Å²) >= 11 is 0. The van der Waals surface area contributed by atoms with Crippen molar-refractivity contribution in [2.24, 2.45) is 11.1 Å². The monoisotopic (exact) mass is 573 g/mol. The maximum atomic E-state index is 13.9. The van der Waals surface area contributed by atoms with E-state index in [1.807, 2.05) is 24.4 Å². The number of ether oxygens (including phenoxy) is 1. The van der Waals surface area contributed by atoms with E-state index < -0.39 is 12.5 Å². The van der Waals surface area contributed by atoms with E-state index in [1.165, 1.54) is 18.4 Å². The van der Waals surface area contributed by atoms with E-state index in [-0.39, 0.29) is 23.3 Å². The minimum atomic E-state index is -2.64. The Morgan fingerprint density at radius 2 is 1.88 bits per heavy atom. The van der Waals surface area contributed by atoms with E-state index in [4.69, 9.17) is 15.5 Å². The van der Waals surface area contributed by atoms with Crippen LogP contribution in [0.4, 0.5) is 8.78 Å². The third-order valence-electron chi connectivity index (χ3n) is 7.62. The lowest BCUT2D eigenvalue weighted by atomic mass is 9.84. The summed E-state index contributed by atoms with van der Waals surface area (Å²) in [5.74, 6) is 0.221. The zero-order valence-corrected chi connectivity index (χ0v) is 25.2. The van der Waals surface area contributed by atoms with Crippen molar-refractivity contribution >= 4 is 17.2 Å². The number of fused-ring (bicyclic) bond motifs is 1. The van der Waals surface area contributed by atoms with Gasteiger partial charge in [0.05, 0.1) is 30.3 Å². The molecule has 4 aromatic rings. The second-order valence-corrected chi connectivity index (χ2v) is 12.0. The molecule has 2 aromatic heterocycles. The molecular formula is C35H41F2N3O2. The zero-order valence-electron chi connectivity index (χ0n) is 25.2. The van der Waals surface area contributed by atoms with Crippen LogP contribution in [0.2, 0.25) is 0 Å². The number of carbonyl (C=O) groups excluding carboxylic acids is 1. The average Bonchev–Trinajstić information content (AvgIpc) is 3.27. The number of pyridine rings is 1. The Morgan fingerprint density at radius 3 is 2.52 bits per heavy atom. The van der Waals surface area contributed by atoms with Crippen molar-refractivity contribution in [1.82, 2.24) is 9.55 Å². The summed E-state index contributed by atoms with van der Waals surface area (Å²) in [4.78, 5) is 16.0. The van der Waals surface area contributed by atoms with Gasteiger partial charge in [-0.25, -0.2) is 8.78 Å². The highest BCUT2D eigenvalue weighted by Crippen LogP contribution is 2.42. The molecular weight excluding hydrogens is 532 g/mol. The summed E-state index contributed by atoms with van der Waals surface area (Å²) in [5, 5.41) is 1.06. The van der Waals surface area contributed by atoms with Crippen LogP contribution in [0.15, 0.2) is 67.6 Å². The van der Waals surface area contributed by atoms with Gasteiger partial charge in [0.25, 0.3) is 6.43 Å². The standard InChI is InChI=1S/C35H41F2N3O2/c1-7-40-31-12-11-24(25-14-23(16-27(38)20-41)15-26(17-25)34(36)37)18-29(31)30(19-35(5,6)21-42-8-2)33(40)28-10-9-13-39-32(28)22(3)4/h8-15,17-18,20,22,27,34H,2,7,16,19,21,38H2,1,3-6H3. The lowest BCUT2D eigenvalue weighted by molar-refractivity contribution is -0.108. The minimum absolute atomic E-state index is 0.0904. The molecule has 2 heterocycles. The molecule has 0 amide bonds. The van der Waals surface area contributed by atoms with Crippen LogP contribution in [0, 0.1) is 5.41 Å². The molecule has 42 heavy (non-hydrogen) atoms. The number of aromatic nitrogens is 2. The van der Waals surface area contributed by atoms with Crippen LogP contribution in [-0.2, 0) is 28.9 Å². The molecule has 4 rings (SSSR count). The van der Waals surface area contributed by atoms with E-state index in [1.54, 1.807) is 0 Å². The summed E-state index contributed by atoms with van der Waals surface area (Å²) in [7, 11) is 0. The lowest BCUT2D eigenvalue weighted by Crippen LogP contribution is -2.24. The quantitative estimate of drug-likeness (QED) is 0.129. The van der Waals surface area contributed by atoms with Crippen LogP contribution in [0.1, 0.15) is 69.3 Å². The first-order valence-corrected chi connectivity index (χ1v) is 14.5. The number of aldehydes is 1. The largest absolute Gasteiger partial charge is 0.501 e. The fourth-order valence-electron chi connectivity index (χ4n) is 5.76. The number of halogens is 2. The number of benzene rings is 2. The molecule has 0 saturated heterocycles. The van der Waals surface area contributed by atoms with Gasteiger partial charge < -0.3 is 19.8 Å². The van der Waals surface area contributed by atoms with Crippen LogP contribution in [-0.4, -0.2) is 28.5 Å². The first kappa shape index (κ1) is 31.1. The maximum absolute atomic E-state index is 13.9. The molecule has 222 valence electrons. The van der Waals surface area contributed by atoms with Gasteiger partial charge in [-0.05, 0) is 78.3 Å². The van der Waals surface area contributed by atoms with Gasteiger partial charge >= 0.3 is 0 Å². The van der Waals surface area contributed by atoms with Gasteiger partial charge in [-0.2, -0.15) is 0 Å². The molecule has 1 atom stereocenters. The van der Waals surface area contributed by atoms with Crippen molar-refractivity contribution in [3.63, 3.8) is 0 Å². The van der Waals surface area contributed by atoms with Gasteiger partial charge in [0.15, 0.2) is 0 Å². The first-order valence-electron chi connectivity index (χ1n) is 14.5. The number of hydrogen-bond acceptors (Lipinski definition) is 4. The summed E-state index contributed by atoms with van der Waals surface area (Å²) < 4.78 is 35.8. The normalized spacial score (nSPS) is 12.7. The Balaban J connectivity index is 2.00. The summed E-state index contributed by atoms with van der Waals surface area (Å²) in [6.07, 6.45) is 2.21. The third-order valence-corrected chi connectivity index (χ3v) is 7.62. The summed E-state index contributed by atoms with van der Waals surface area (Å²) in [6, 6.07) is 14.3. The molecule has 0 aliphatic carbocycles. The Labute approximate surface area is 247 Å². The fourth-order valence-corrected chi connectivity index (χ4v) is 5.76. The molecule has 2 N–H and O–H groups in total. The zero-order chi connectivity index (χ0) is 30.6. The molecule has 5 nitrogen and oxygen atoms in total. The number of hydrogen-bond donors (Lipinski definition) is 1. The van der Waals surface area contributed by atoms with Crippen molar-refractivity contribution in [2.75, 3.05) is 6.61 Å². The molecule has 0 aliphatic heterocycles. The highest BCUT2D eigenvalue weighted by molar-refractivity contribution is 5.95. The van der Waals surface area contributed by atoms with Gasteiger partial charge in [-0.15, -0.1) is 0 Å². The highest BCUT2D eigenvalue weighted by atomic mass is 19.3. The smallest absolute Gasteiger partial charge is 0.263 e. The average molecular weight is 574 g/mol. The SMILES string of the molecule is C=COCC(C)(C)Cc1c(-c2cccnc2C(C)C)n(CC)c2ccc(-c3cc(CC(N)C=O)cc(C(F)F)c3)cc12. The highest BCUT2D eigenvalue weighted by Gasteiger charge is 2.28. The first-order chi connectivity index (χ1) is 20.0. The number of aryl methyl sites for hydroxylation is 1. The van der Waals surface area contributed by atoms with Gasteiger partial charge in [0.2, 0.25) is 0 Å². The van der Waals surface area contributed by atoms with E-state index in [9.17, 15) is 13.6 Å². The van der Waals surface area contributed by atoms with Crippen molar-refractivity contribution in [2.45, 2.75) is 72.4 Å². The van der Waals surface area contributed by atoms with E-state index >= 15 is 0 Å². The van der Waals surface area contributed by atoms with E-state index in [0.29, 0.717) is 30.4 Å². The van der Waals surface area contributed by atoms with E-state index in [0.717, 1.165) is 45.5 Å². The van der Waals surface area contributed by atoms with Crippen molar-refractivity contribution in [3.05, 3.63) is 90.0 Å². The minimum Gasteiger partial charge on any atom is -0.501 e.